The third kappa shape index (κ3) is 2.82. The van der Waals surface area contributed by atoms with Gasteiger partial charge < -0.3 is 4.90 Å². The Morgan fingerprint density at radius 3 is 2.50 bits per heavy atom. The molecule has 0 atom stereocenters. The van der Waals surface area contributed by atoms with E-state index in [0.29, 0.717) is 6.04 Å². The van der Waals surface area contributed by atoms with Crippen molar-refractivity contribution in [3.05, 3.63) is 83.7 Å². The van der Waals surface area contributed by atoms with Crippen molar-refractivity contribution >= 4 is 28.7 Å². The summed E-state index contributed by atoms with van der Waals surface area (Å²) in [6.45, 7) is 7.65. The van der Waals surface area contributed by atoms with Crippen LogP contribution in [0, 0.1) is 0 Å². The highest BCUT2D eigenvalue weighted by atomic mass is 15.2. The monoisotopic (exact) mass is 341 g/mol. The molecule has 2 heteroatoms. The molecule has 0 saturated heterocycles. The number of allylic oxidation sites excluding steroid dienone is 1. The van der Waals surface area contributed by atoms with Gasteiger partial charge >= 0.3 is 0 Å². The van der Waals surface area contributed by atoms with Gasteiger partial charge in [0.15, 0.2) is 0 Å². The topological polar surface area (TPSA) is 7.12 Å². The van der Waals surface area contributed by atoms with Gasteiger partial charge in [-0.1, -0.05) is 36.4 Å². The van der Waals surface area contributed by atoms with Gasteiger partial charge in [0.05, 0.1) is 0 Å². The van der Waals surface area contributed by atoms with Crippen LogP contribution in [0.4, 0.5) is 5.69 Å². The fourth-order valence-corrected chi connectivity index (χ4v) is 3.85. The second kappa shape index (κ2) is 6.80. The molecule has 0 aliphatic carbocycles. The Morgan fingerprint density at radius 1 is 0.923 bits per heavy atom. The first-order valence-corrected chi connectivity index (χ1v) is 9.38. The van der Waals surface area contributed by atoms with E-state index in [1.54, 1.807) is 0 Å². The number of pyridine rings is 1. The summed E-state index contributed by atoms with van der Waals surface area (Å²) in [6, 6.07) is 22.0. The Hall–Kier alpha value is -2.87. The van der Waals surface area contributed by atoms with Crippen LogP contribution in [-0.4, -0.2) is 6.04 Å². The van der Waals surface area contributed by atoms with Gasteiger partial charge in [0.25, 0.3) is 0 Å². The summed E-state index contributed by atoms with van der Waals surface area (Å²) in [5.74, 6) is 0. The van der Waals surface area contributed by atoms with Gasteiger partial charge in [-0.15, -0.1) is 0 Å². The van der Waals surface area contributed by atoms with E-state index in [1.807, 2.05) is 0 Å². The van der Waals surface area contributed by atoms with Crippen molar-refractivity contribution in [2.45, 2.75) is 33.4 Å². The quantitative estimate of drug-likeness (QED) is 0.576. The van der Waals surface area contributed by atoms with E-state index in [0.717, 1.165) is 6.54 Å². The highest BCUT2D eigenvalue weighted by Gasteiger charge is 2.21. The van der Waals surface area contributed by atoms with Crippen molar-refractivity contribution < 1.29 is 4.57 Å². The van der Waals surface area contributed by atoms with Crippen molar-refractivity contribution in [2.24, 2.45) is 0 Å². The lowest BCUT2D eigenvalue weighted by Crippen LogP contribution is -2.37. The maximum atomic E-state index is 2.42. The molecule has 0 bridgehead atoms. The number of nitrogens with zero attached hydrogens (tertiary/aromatic N) is 2. The van der Waals surface area contributed by atoms with Gasteiger partial charge in [-0.2, -0.15) is 4.57 Å². The molecule has 0 spiro atoms. The molecule has 0 amide bonds. The molecule has 130 valence electrons. The molecule has 3 aromatic rings. The van der Waals surface area contributed by atoms with Crippen LogP contribution in [-0.2, 0) is 6.54 Å². The van der Waals surface area contributed by atoms with Crippen molar-refractivity contribution in [3.8, 4) is 0 Å². The first-order valence-electron chi connectivity index (χ1n) is 9.38. The van der Waals surface area contributed by atoms with Gasteiger partial charge in [-0.3, -0.25) is 0 Å². The lowest BCUT2D eigenvalue weighted by molar-refractivity contribution is -0.669. The van der Waals surface area contributed by atoms with Crippen LogP contribution >= 0.6 is 0 Å². The van der Waals surface area contributed by atoms with Gasteiger partial charge in [0, 0.05) is 41.0 Å². The molecule has 0 saturated carbocycles. The van der Waals surface area contributed by atoms with Crippen molar-refractivity contribution in [1.29, 1.82) is 0 Å². The first kappa shape index (κ1) is 16.6. The molecule has 0 radical (unpaired) electrons. The minimum absolute atomic E-state index is 0.392. The average Bonchev–Trinajstić information content (AvgIpc) is 2.67. The molecule has 0 fully saturated rings. The van der Waals surface area contributed by atoms with Gasteiger partial charge in [0.2, 0.25) is 11.2 Å². The Bertz CT molecular complexity index is 1010. The van der Waals surface area contributed by atoms with Gasteiger partial charge in [-0.25, -0.2) is 0 Å². The summed E-state index contributed by atoms with van der Waals surface area (Å²) in [5.41, 5.74) is 6.30. The molecule has 1 aliphatic heterocycles. The van der Waals surface area contributed by atoms with Crippen LogP contribution in [0.2, 0.25) is 0 Å². The Morgan fingerprint density at radius 2 is 1.69 bits per heavy atom. The zero-order valence-electron chi connectivity index (χ0n) is 15.7. The number of aryl methyl sites for hydroxylation is 1. The van der Waals surface area contributed by atoms with E-state index in [9.17, 15) is 0 Å². The molecule has 1 aromatic heterocycles. The van der Waals surface area contributed by atoms with E-state index in [1.165, 1.54) is 33.5 Å². The van der Waals surface area contributed by atoms with Crippen molar-refractivity contribution in [2.75, 3.05) is 4.90 Å². The number of hydrogen-bond donors (Lipinski definition) is 0. The molecule has 4 rings (SSSR count). The Balaban J connectivity index is 1.87. The number of rotatable bonds is 3. The lowest BCUT2D eigenvalue weighted by Gasteiger charge is -2.33. The van der Waals surface area contributed by atoms with E-state index < -0.39 is 0 Å². The van der Waals surface area contributed by atoms with Crippen molar-refractivity contribution in [3.63, 3.8) is 0 Å². The summed E-state index contributed by atoms with van der Waals surface area (Å²) < 4.78 is 2.38. The first-order chi connectivity index (χ1) is 12.7. The van der Waals surface area contributed by atoms with Crippen LogP contribution in [0.5, 0.6) is 0 Å². The van der Waals surface area contributed by atoms with E-state index >= 15 is 0 Å². The largest absolute Gasteiger partial charge is 0.338 e. The third-order valence-corrected chi connectivity index (χ3v) is 5.01. The predicted octanol–water partition coefficient (Wildman–Crippen LogP) is 5.43. The summed E-state index contributed by atoms with van der Waals surface area (Å²) in [5, 5.41) is 1.28. The highest BCUT2D eigenvalue weighted by Crippen LogP contribution is 2.33. The second-order valence-corrected chi connectivity index (χ2v) is 6.99. The molecule has 0 unspecified atom stereocenters. The van der Waals surface area contributed by atoms with Crippen LogP contribution < -0.4 is 9.47 Å². The number of anilines is 1. The molecular formula is C24H25N2+. The fraction of sp³-hybridized carbons (Fsp3) is 0.208. The molecule has 26 heavy (non-hydrogen) atoms. The van der Waals surface area contributed by atoms with Crippen LogP contribution in [0.1, 0.15) is 32.0 Å². The summed E-state index contributed by atoms with van der Waals surface area (Å²) in [7, 11) is 0. The second-order valence-electron chi connectivity index (χ2n) is 6.99. The van der Waals surface area contributed by atoms with E-state index in [4.69, 9.17) is 0 Å². The number of hydrogen-bond acceptors (Lipinski definition) is 1. The minimum Gasteiger partial charge on any atom is -0.338 e. The maximum Gasteiger partial charge on any atom is 0.212 e. The number of benzene rings is 2. The zero-order chi connectivity index (χ0) is 18.1. The smallest absolute Gasteiger partial charge is 0.212 e. The third-order valence-electron chi connectivity index (χ3n) is 5.01. The van der Waals surface area contributed by atoms with Gasteiger partial charge in [0.1, 0.15) is 6.54 Å². The lowest BCUT2D eigenvalue weighted by atomic mass is 10.0. The SMILES string of the molecule is CC[n+]1c(/C=C2\C=Cc3ccccc3N2C(C)C)ccc2ccccc21. The van der Waals surface area contributed by atoms with Crippen LogP contribution in [0.25, 0.3) is 23.1 Å². The standard InChI is InChI=1S/C24H25N2/c1-4-25-21(15-13-19-9-5-7-11-23(19)25)17-22-16-14-20-10-6-8-12-24(20)26(22)18(2)3/h5-18H,4H2,1-3H3/q+1. The van der Waals surface area contributed by atoms with Gasteiger partial charge in [-0.05, 0) is 50.6 Å². The Kier molecular flexibility index (Phi) is 4.34. The van der Waals surface area contributed by atoms with E-state index in [-0.39, 0.29) is 0 Å². The van der Waals surface area contributed by atoms with E-state index in [2.05, 4.69) is 109 Å². The molecule has 2 nitrogen and oxygen atoms in total. The normalized spacial score (nSPS) is 15.1. The van der Waals surface area contributed by atoms with Crippen LogP contribution in [0.3, 0.4) is 0 Å². The summed E-state index contributed by atoms with van der Waals surface area (Å²) in [4.78, 5) is 2.42. The molecule has 2 heterocycles. The number of para-hydroxylation sites is 2. The molecule has 2 aromatic carbocycles. The predicted molar refractivity (Wildman–Crippen MR) is 111 cm³/mol. The fourth-order valence-electron chi connectivity index (χ4n) is 3.85. The number of fused-ring (bicyclic) bond motifs is 2. The highest BCUT2D eigenvalue weighted by molar-refractivity contribution is 5.81. The Labute approximate surface area is 155 Å². The average molecular weight is 341 g/mol. The summed E-state index contributed by atoms with van der Waals surface area (Å²) in [6.07, 6.45) is 6.76. The summed E-state index contributed by atoms with van der Waals surface area (Å²) >= 11 is 0. The van der Waals surface area contributed by atoms with Crippen LogP contribution in [0.15, 0.2) is 72.4 Å². The molecule has 1 aliphatic rings. The van der Waals surface area contributed by atoms with Crippen molar-refractivity contribution in [1.82, 2.24) is 0 Å². The molecular weight excluding hydrogens is 316 g/mol. The number of aromatic nitrogens is 1. The maximum absolute atomic E-state index is 2.42. The molecule has 0 N–H and O–H groups in total. The minimum atomic E-state index is 0.392. The zero-order valence-corrected chi connectivity index (χ0v) is 15.7.